The summed E-state index contributed by atoms with van der Waals surface area (Å²) in [4.78, 5) is 26.6. The lowest BCUT2D eigenvalue weighted by atomic mass is 9.68. The van der Waals surface area contributed by atoms with Gasteiger partial charge in [0, 0.05) is 25.5 Å². The number of aliphatic hydroxyl groups is 2. The number of allylic oxidation sites excluding steroid dienone is 1. The van der Waals surface area contributed by atoms with Crippen molar-refractivity contribution >= 4 is 28.7 Å². The molecule has 3 N–H and O–H groups in total. The van der Waals surface area contributed by atoms with Crippen molar-refractivity contribution in [3.8, 4) is 5.75 Å². The van der Waals surface area contributed by atoms with Gasteiger partial charge < -0.3 is 20.1 Å². The number of benzene rings is 2. The molecule has 2 aliphatic rings. The third-order valence-corrected chi connectivity index (χ3v) is 7.77. The summed E-state index contributed by atoms with van der Waals surface area (Å²) in [6.45, 7) is 1.99. The molecule has 7 heteroatoms. The highest BCUT2D eigenvalue weighted by Gasteiger charge is 2.53. The van der Waals surface area contributed by atoms with Crippen LogP contribution in [0.15, 0.2) is 53.1 Å². The third kappa shape index (κ3) is 4.71. The number of carbonyl (C=O) groups excluding carboxylic acids is 2. The Kier molecular flexibility index (Phi) is 7.93. The lowest BCUT2D eigenvalue weighted by molar-refractivity contribution is -0.138. The number of rotatable bonds is 9. The normalized spacial score (nSPS) is 23.5. The highest BCUT2D eigenvalue weighted by atomic mass is 16.5. The van der Waals surface area contributed by atoms with Gasteiger partial charge in [-0.2, -0.15) is 0 Å². The van der Waals surface area contributed by atoms with Gasteiger partial charge in [0.1, 0.15) is 5.75 Å². The molecule has 4 atom stereocenters. The van der Waals surface area contributed by atoms with Gasteiger partial charge >= 0.3 is 0 Å². The first-order valence-electron chi connectivity index (χ1n) is 12.5. The molecule has 1 saturated heterocycles. The van der Waals surface area contributed by atoms with Crippen molar-refractivity contribution in [2.45, 2.75) is 38.7 Å². The summed E-state index contributed by atoms with van der Waals surface area (Å²) < 4.78 is 5.38. The number of phenols is 1. The van der Waals surface area contributed by atoms with Crippen molar-refractivity contribution in [2.24, 2.45) is 17.8 Å². The van der Waals surface area contributed by atoms with Crippen molar-refractivity contribution in [3.63, 3.8) is 0 Å². The molecule has 0 saturated carbocycles. The van der Waals surface area contributed by atoms with Gasteiger partial charge in [0.25, 0.3) is 0 Å². The summed E-state index contributed by atoms with van der Waals surface area (Å²) in [6, 6.07) is 11.3. The second-order valence-electron chi connectivity index (χ2n) is 9.78. The van der Waals surface area contributed by atoms with Crippen molar-refractivity contribution in [1.29, 1.82) is 0 Å². The predicted molar refractivity (Wildman–Crippen MR) is 138 cm³/mol. The molecule has 7 nitrogen and oxygen atoms in total. The van der Waals surface area contributed by atoms with Gasteiger partial charge in [0.2, 0.25) is 11.8 Å². The number of likely N-dealkylation sites (tertiary alicyclic amines) is 1. The standard InChI is InChI=1S/C29H35NO6/c1-4-17(13-18-10-12-24(32)21-8-6-5-7-20(18)21)9-11-25(33)26-19(16-36-3)14-22-27(23(26)15-31)29(35)30(2)28(22)34/h5-8,10,12-13,22-23,25,27,31-33H,4,9,11,14-16H2,1-3H3/b17-13+/t22-,23+,25-,27-/m1/s1. The maximum Gasteiger partial charge on any atom is 0.233 e. The van der Waals surface area contributed by atoms with Crippen LogP contribution in [0.25, 0.3) is 16.8 Å². The Balaban J connectivity index is 1.60. The maximum atomic E-state index is 12.8. The average Bonchev–Trinajstić information content (AvgIpc) is 3.10. The van der Waals surface area contributed by atoms with Gasteiger partial charge in [-0.15, -0.1) is 0 Å². The Morgan fingerprint density at radius 2 is 1.89 bits per heavy atom. The summed E-state index contributed by atoms with van der Waals surface area (Å²) in [7, 11) is 3.04. The zero-order chi connectivity index (χ0) is 26.0. The van der Waals surface area contributed by atoms with E-state index in [1.54, 1.807) is 13.2 Å². The van der Waals surface area contributed by atoms with Crippen molar-refractivity contribution in [2.75, 3.05) is 27.4 Å². The van der Waals surface area contributed by atoms with Crippen LogP contribution < -0.4 is 0 Å². The van der Waals surface area contributed by atoms with E-state index in [0.717, 1.165) is 38.8 Å². The second-order valence-corrected chi connectivity index (χ2v) is 9.78. The topological polar surface area (TPSA) is 107 Å². The molecular formula is C29H35NO6. The largest absolute Gasteiger partial charge is 0.507 e. The van der Waals surface area contributed by atoms with Crippen LogP contribution in [0.5, 0.6) is 5.75 Å². The van der Waals surface area contributed by atoms with Gasteiger partial charge in [-0.1, -0.05) is 48.9 Å². The molecule has 0 radical (unpaired) electrons. The zero-order valence-electron chi connectivity index (χ0n) is 21.1. The fourth-order valence-corrected chi connectivity index (χ4v) is 5.90. The van der Waals surface area contributed by atoms with Crippen LogP contribution in [0, 0.1) is 17.8 Å². The lowest BCUT2D eigenvalue weighted by Gasteiger charge is -2.36. The van der Waals surface area contributed by atoms with Crippen LogP contribution in [0.2, 0.25) is 0 Å². The Labute approximate surface area is 211 Å². The number of hydrogen-bond acceptors (Lipinski definition) is 6. The summed E-state index contributed by atoms with van der Waals surface area (Å²) in [5.41, 5.74) is 3.58. The Bertz CT molecular complexity index is 1220. The Hall–Kier alpha value is -3.00. The number of ether oxygens (including phenoxy) is 1. The van der Waals surface area contributed by atoms with E-state index >= 15 is 0 Å². The predicted octanol–water partition coefficient (Wildman–Crippen LogP) is 3.67. The molecule has 1 aliphatic heterocycles. The fourth-order valence-electron chi connectivity index (χ4n) is 5.90. The molecule has 1 heterocycles. The quantitative estimate of drug-likeness (QED) is 0.364. The van der Waals surface area contributed by atoms with Crippen LogP contribution in [0.3, 0.4) is 0 Å². The molecule has 4 rings (SSSR count). The SMILES string of the molecule is CC/C(=C\c1ccc(O)c2ccccc12)CC[C@@H](O)C1=C(COC)C[C@H]2C(=O)N(C)C(=O)[C@H]2[C@H]1CO. The molecule has 36 heavy (non-hydrogen) atoms. The first kappa shape index (κ1) is 26.1. The van der Waals surface area contributed by atoms with Gasteiger partial charge in [-0.3, -0.25) is 14.5 Å². The number of aliphatic hydroxyl groups excluding tert-OH is 2. The van der Waals surface area contributed by atoms with Gasteiger partial charge in [-0.25, -0.2) is 0 Å². The lowest BCUT2D eigenvalue weighted by Crippen LogP contribution is -2.39. The van der Waals surface area contributed by atoms with Crippen LogP contribution >= 0.6 is 0 Å². The molecule has 1 aliphatic carbocycles. The summed E-state index contributed by atoms with van der Waals surface area (Å²) in [6.07, 6.45) is 3.42. The number of aromatic hydroxyl groups is 1. The van der Waals surface area contributed by atoms with E-state index in [9.17, 15) is 24.9 Å². The number of nitrogens with zero attached hydrogens (tertiary/aromatic N) is 1. The number of amides is 2. The van der Waals surface area contributed by atoms with Gasteiger partial charge in [0.15, 0.2) is 0 Å². The van der Waals surface area contributed by atoms with Crippen molar-refractivity contribution in [3.05, 3.63) is 58.7 Å². The van der Waals surface area contributed by atoms with Crippen LogP contribution in [-0.4, -0.2) is 65.5 Å². The van der Waals surface area contributed by atoms with Crippen molar-refractivity contribution < 1.29 is 29.6 Å². The second kappa shape index (κ2) is 10.9. The monoisotopic (exact) mass is 493 g/mol. The Morgan fingerprint density at radius 3 is 2.56 bits per heavy atom. The first-order valence-corrected chi connectivity index (χ1v) is 12.5. The molecule has 192 valence electrons. The smallest absolute Gasteiger partial charge is 0.233 e. The summed E-state index contributed by atoms with van der Waals surface area (Å²) in [5.74, 6) is -2.07. The molecule has 1 fully saturated rings. The number of imide groups is 1. The van der Waals surface area contributed by atoms with Crippen LogP contribution in [0.1, 0.15) is 38.2 Å². The third-order valence-electron chi connectivity index (χ3n) is 7.77. The number of methoxy groups -OCH3 is 1. The van der Waals surface area contributed by atoms with Gasteiger partial charge in [0.05, 0.1) is 31.2 Å². The highest BCUT2D eigenvalue weighted by molar-refractivity contribution is 6.05. The molecule has 2 amide bonds. The number of fused-ring (bicyclic) bond motifs is 2. The summed E-state index contributed by atoms with van der Waals surface area (Å²) in [5, 5.41) is 33.6. The fraction of sp³-hybridized carbons (Fsp3) is 0.448. The van der Waals surface area contributed by atoms with Crippen molar-refractivity contribution in [1.82, 2.24) is 4.90 Å². The minimum Gasteiger partial charge on any atom is -0.507 e. The number of carbonyl (C=O) groups is 2. The van der Waals surface area contributed by atoms with E-state index in [2.05, 4.69) is 13.0 Å². The minimum absolute atomic E-state index is 0.233. The molecule has 0 unspecified atom stereocenters. The molecule has 0 bridgehead atoms. The van der Waals surface area contributed by atoms with Crippen LogP contribution in [0.4, 0.5) is 0 Å². The molecule has 2 aromatic carbocycles. The van der Waals surface area contributed by atoms with E-state index in [4.69, 9.17) is 4.74 Å². The molecular weight excluding hydrogens is 458 g/mol. The Morgan fingerprint density at radius 1 is 1.17 bits per heavy atom. The maximum absolute atomic E-state index is 12.8. The van der Waals surface area contributed by atoms with E-state index in [-0.39, 0.29) is 30.8 Å². The minimum atomic E-state index is -0.867. The average molecular weight is 494 g/mol. The van der Waals surface area contributed by atoms with Gasteiger partial charge in [-0.05, 0) is 53.8 Å². The zero-order valence-corrected chi connectivity index (χ0v) is 21.1. The van der Waals surface area contributed by atoms with E-state index in [1.165, 1.54) is 7.05 Å². The number of hydrogen-bond donors (Lipinski definition) is 3. The van der Waals surface area contributed by atoms with E-state index in [1.807, 2.05) is 30.3 Å². The molecule has 2 aromatic rings. The van der Waals surface area contributed by atoms with E-state index < -0.39 is 23.9 Å². The summed E-state index contributed by atoms with van der Waals surface area (Å²) >= 11 is 0. The highest BCUT2D eigenvalue weighted by Crippen LogP contribution is 2.46. The van der Waals surface area contributed by atoms with Crippen LogP contribution in [-0.2, 0) is 14.3 Å². The molecule has 0 spiro atoms. The molecule has 0 aromatic heterocycles. The first-order chi connectivity index (χ1) is 17.3. The van der Waals surface area contributed by atoms with E-state index in [0.29, 0.717) is 24.8 Å². The number of phenolic OH excluding ortho intramolecular Hbond substituents is 1.